The fraction of sp³-hybridized carbons (Fsp3) is 0.545. The van der Waals surface area contributed by atoms with Crippen molar-refractivity contribution < 1.29 is 14.7 Å². The quantitative estimate of drug-likeness (QED) is 0.655. The molecular weight excluding hydrogens is 418 g/mol. The van der Waals surface area contributed by atoms with E-state index in [1.807, 2.05) is 16.9 Å². The van der Waals surface area contributed by atoms with Crippen LogP contribution in [-0.2, 0) is 22.6 Å². The molecule has 3 heterocycles. The second kappa shape index (κ2) is 9.36. The highest BCUT2D eigenvalue weighted by Gasteiger charge is 2.29. The zero-order valence-corrected chi connectivity index (χ0v) is 18.4. The van der Waals surface area contributed by atoms with Crippen molar-refractivity contribution in [2.45, 2.75) is 70.6 Å². The third kappa shape index (κ3) is 4.91. The van der Waals surface area contributed by atoms with Gasteiger partial charge in [-0.2, -0.15) is 5.10 Å². The summed E-state index contributed by atoms with van der Waals surface area (Å²) < 4.78 is 2.03. The molecule has 2 aromatic heterocycles. The predicted octanol–water partition coefficient (Wildman–Crippen LogP) is 2.93. The van der Waals surface area contributed by atoms with Crippen molar-refractivity contribution in [3.05, 3.63) is 29.2 Å². The van der Waals surface area contributed by atoms with Gasteiger partial charge in [-0.05, 0) is 51.5 Å². The lowest BCUT2D eigenvalue weighted by Gasteiger charge is -2.29. The van der Waals surface area contributed by atoms with Crippen LogP contribution in [0.2, 0.25) is 5.02 Å². The Hall–Kier alpha value is -2.45. The van der Waals surface area contributed by atoms with E-state index in [4.69, 9.17) is 11.6 Å². The molecule has 0 saturated heterocycles. The van der Waals surface area contributed by atoms with Gasteiger partial charge in [-0.3, -0.25) is 14.3 Å². The topological polar surface area (TPSA) is 109 Å². The van der Waals surface area contributed by atoms with Crippen molar-refractivity contribution >= 4 is 29.2 Å². The van der Waals surface area contributed by atoms with E-state index in [9.17, 15) is 14.7 Å². The van der Waals surface area contributed by atoms with Crippen molar-refractivity contribution in [1.29, 1.82) is 0 Å². The lowest BCUT2D eigenvalue weighted by atomic mass is 9.85. The summed E-state index contributed by atoms with van der Waals surface area (Å²) in [5, 5.41) is 20.2. The highest BCUT2D eigenvalue weighted by atomic mass is 35.5. The fourth-order valence-electron chi connectivity index (χ4n) is 4.47. The molecule has 166 valence electrons. The van der Waals surface area contributed by atoms with Crippen LogP contribution in [0.3, 0.4) is 0 Å². The van der Waals surface area contributed by atoms with Gasteiger partial charge >= 0.3 is 0 Å². The molecule has 2 aliphatic rings. The second-order valence-corrected chi connectivity index (χ2v) is 8.88. The number of halogens is 1. The van der Waals surface area contributed by atoms with Crippen molar-refractivity contribution in [3.8, 4) is 11.1 Å². The van der Waals surface area contributed by atoms with Crippen molar-refractivity contribution in [2.24, 2.45) is 5.92 Å². The summed E-state index contributed by atoms with van der Waals surface area (Å²) in [6.07, 6.45) is 8.49. The Balaban J connectivity index is 1.46. The van der Waals surface area contributed by atoms with E-state index >= 15 is 0 Å². The van der Waals surface area contributed by atoms with Crippen LogP contribution in [0.15, 0.2) is 18.5 Å². The van der Waals surface area contributed by atoms with Gasteiger partial charge in [-0.25, -0.2) is 4.98 Å². The summed E-state index contributed by atoms with van der Waals surface area (Å²) in [6.45, 7) is 2.35. The van der Waals surface area contributed by atoms with Gasteiger partial charge in [-0.15, -0.1) is 0 Å². The molecule has 1 saturated carbocycles. The minimum Gasteiger partial charge on any atom is -0.384 e. The lowest BCUT2D eigenvalue weighted by Crippen LogP contribution is -2.44. The number of aryl methyl sites for hydroxylation is 1. The van der Waals surface area contributed by atoms with Gasteiger partial charge in [0, 0.05) is 41.5 Å². The van der Waals surface area contributed by atoms with E-state index in [0.29, 0.717) is 17.3 Å². The lowest BCUT2D eigenvalue weighted by molar-refractivity contribution is -0.130. The van der Waals surface area contributed by atoms with Gasteiger partial charge in [0.05, 0.1) is 11.2 Å². The molecule has 1 fully saturated rings. The number of pyridine rings is 1. The number of fused-ring (bicyclic) bond motifs is 1. The number of rotatable bonds is 5. The van der Waals surface area contributed by atoms with Gasteiger partial charge in [0.25, 0.3) is 0 Å². The number of hydrogen-bond acceptors (Lipinski definition) is 5. The number of aliphatic hydroxyl groups excluding tert-OH is 1. The minimum absolute atomic E-state index is 0.112. The summed E-state index contributed by atoms with van der Waals surface area (Å²) in [6, 6.07) is 1.70. The summed E-state index contributed by atoms with van der Waals surface area (Å²) in [5.41, 5.74) is 2.97. The Kier molecular flexibility index (Phi) is 6.57. The Bertz CT molecular complexity index is 974. The van der Waals surface area contributed by atoms with E-state index in [1.165, 1.54) is 12.6 Å². The Labute approximate surface area is 186 Å². The van der Waals surface area contributed by atoms with Crippen LogP contribution in [0.25, 0.3) is 11.1 Å². The first kappa shape index (κ1) is 21.8. The zero-order valence-electron chi connectivity index (χ0n) is 17.6. The largest absolute Gasteiger partial charge is 0.384 e. The number of nitrogens with zero attached hydrogens (tertiary/aromatic N) is 3. The molecule has 0 radical (unpaired) electrons. The maximum Gasteiger partial charge on any atom is 0.248 e. The Morgan fingerprint density at radius 3 is 2.87 bits per heavy atom. The van der Waals surface area contributed by atoms with Crippen LogP contribution >= 0.6 is 11.6 Å². The van der Waals surface area contributed by atoms with Gasteiger partial charge in [0.15, 0.2) is 0 Å². The first-order valence-electron chi connectivity index (χ1n) is 10.9. The van der Waals surface area contributed by atoms with Gasteiger partial charge < -0.3 is 15.7 Å². The number of hydrogen-bond donors (Lipinski definition) is 3. The average Bonchev–Trinajstić information content (AvgIpc) is 3.19. The van der Waals surface area contributed by atoms with E-state index in [1.54, 1.807) is 6.20 Å². The first-order valence-corrected chi connectivity index (χ1v) is 11.3. The third-order valence-corrected chi connectivity index (χ3v) is 6.45. The van der Waals surface area contributed by atoms with Crippen LogP contribution in [-0.4, -0.2) is 43.8 Å². The molecule has 1 aliphatic carbocycles. The molecule has 2 aromatic rings. The predicted molar refractivity (Wildman–Crippen MR) is 118 cm³/mol. The summed E-state index contributed by atoms with van der Waals surface area (Å²) in [5.74, 6) is -0.290. The number of carbonyl (C=O) groups is 2. The van der Waals surface area contributed by atoms with Gasteiger partial charge in [0.2, 0.25) is 11.8 Å². The summed E-state index contributed by atoms with van der Waals surface area (Å²) in [7, 11) is 0. The van der Waals surface area contributed by atoms with E-state index in [0.717, 1.165) is 56.2 Å². The SMILES string of the molecule is C[C@H](O)C(=O)N[C@@H]1CCC[C@H](C(=O)Nc2cc(-c3cnn4c3CCCC4)c(Cl)cn2)C1. The molecule has 0 aromatic carbocycles. The number of amides is 2. The standard InChI is InChI=1S/C22H28ClN5O3/c1-13(29)21(30)26-15-6-4-5-14(9-15)22(31)27-20-10-16(18(23)12-24-20)17-11-25-28-8-3-2-7-19(17)28/h10-15,29H,2-9H2,1H3,(H,26,30)(H,24,27,31)/t13-,14-,15+/m0/s1. The van der Waals surface area contributed by atoms with Crippen LogP contribution in [0.5, 0.6) is 0 Å². The number of anilines is 1. The van der Waals surface area contributed by atoms with Crippen molar-refractivity contribution in [3.63, 3.8) is 0 Å². The fourth-order valence-corrected chi connectivity index (χ4v) is 4.67. The molecule has 1 aliphatic heterocycles. The third-order valence-electron chi connectivity index (χ3n) is 6.15. The Morgan fingerprint density at radius 1 is 1.23 bits per heavy atom. The molecule has 8 nitrogen and oxygen atoms in total. The monoisotopic (exact) mass is 445 g/mol. The number of aliphatic hydroxyl groups is 1. The highest BCUT2D eigenvalue weighted by Crippen LogP contribution is 2.34. The van der Waals surface area contributed by atoms with E-state index in [-0.39, 0.29) is 17.9 Å². The molecule has 0 unspecified atom stereocenters. The minimum atomic E-state index is -1.06. The Morgan fingerprint density at radius 2 is 2.06 bits per heavy atom. The molecule has 31 heavy (non-hydrogen) atoms. The van der Waals surface area contributed by atoms with Crippen LogP contribution in [0, 0.1) is 5.92 Å². The van der Waals surface area contributed by atoms with E-state index in [2.05, 4.69) is 20.7 Å². The highest BCUT2D eigenvalue weighted by molar-refractivity contribution is 6.33. The van der Waals surface area contributed by atoms with Crippen LogP contribution in [0.4, 0.5) is 5.82 Å². The number of carbonyl (C=O) groups excluding carboxylic acids is 2. The maximum absolute atomic E-state index is 12.9. The van der Waals surface area contributed by atoms with Crippen molar-refractivity contribution in [1.82, 2.24) is 20.1 Å². The second-order valence-electron chi connectivity index (χ2n) is 8.47. The first-order chi connectivity index (χ1) is 14.9. The number of aromatic nitrogens is 3. The molecular formula is C22H28ClN5O3. The molecule has 3 N–H and O–H groups in total. The molecule has 2 amide bonds. The summed E-state index contributed by atoms with van der Waals surface area (Å²) in [4.78, 5) is 28.9. The van der Waals surface area contributed by atoms with E-state index < -0.39 is 12.0 Å². The molecule has 4 rings (SSSR count). The average molecular weight is 446 g/mol. The molecule has 0 bridgehead atoms. The maximum atomic E-state index is 12.9. The number of nitrogens with one attached hydrogen (secondary N) is 2. The molecule has 9 heteroatoms. The normalized spacial score (nSPS) is 21.8. The molecule has 3 atom stereocenters. The smallest absolute Gasteiger partial charge is 0.248 e. The van der Waals surface area contributed by atoms with Gasteiger partial charge in [-0.1, -0.05) is 18.0 Å². The van der Waals surface area contributed by atoms with Gasteiger partial charge in [0.1, 0.15) is 11.9 Å². The van der Waals surface area contributed by atoms with Crippen LogP contribution in [0.1, 0.15) is 51.1 Å². The molecule has 0 spiro atoms. The van der Waals surface area contributed by atoms with Crippen molar-refractivity contribution in [2.75, 3.05) is 5.32 Å². The summed E-state index contributed by atoms with van der Waals surface area (Å²) >= 11 is 6.44. The zero-order chi connectivity index (χ0) is 22.0. The van der Waals surface area contributed by atoms with Crippen LogP contribution < -0.4 is 10.6 Å².